The minimum Gasteiger partial charge on any atom is -0.497 e. The van der Waals surface area contributed by atoms with E-state index in [-0.39, 0.29) is 0 Å². The first kappa shape index (κ1) is 14.4. The summed E-state index contributed by atoms with van der Waals surface area (Å²) in [4.78, 5) is 4.68. The van der Waals surface area contributed by atoms with Crippen LogP contribution in [0.5, 0.6) is 5.75 Å². The van der Waals surface area contributed by atoms with Gasteiger partial charge in [0.2, 0.25) is 0 Å². The molecule has 24 heavy (non-hydrogen) atoms. The maximum atomic E-state index is 5.54. The van der Waals surface area contributed by atoms with E-state index in [4.69, 9.17) is 9.15 Å². The van der Waals surface area contributed by atoms with Gasteiger partial charge in [0.05, 0.1) is 13.4 Å². The first-order valence-corrected chi connectivity index (χ1v) is 7.73. The molecule has 0 saturated carbocycles. The van der Waals surface area contributed by atoms with Crippen molar-refractivity contribution in [2.45, 2.75) is 6.54 Å². The van der Waals surface area contributed by atoms with E-state index in [0.717, 1.165) is 34.2 Å². The van der Waals surface area contributed by atoms with Gasteiger partial charge < -0.3 is 14.5 Å². The Morgan fingerprint density at radius 1 is 1.12 bits per heavy atom. The normalized spacial score (nSPS) is 10.9. The van der Waals surface area contributed by atoms with E-state index in [0.29, 0.717) is 6.54 Å². The second-order valence-corrected chi connectivity index (χ2v) is 5.42. The van der Waals surface area contributed by atoms with E-state index in [1.807, 2.05) is 59.1 Å². The molecule has 0 aliphatic rings. The van der Waals surface area contributed by atoms with Crippen LogP contribution in [0.25, 0.3) is 17.1 Å². The highest BCUT2D eigenvalue weighted by molar-refractivity contribution is 5.73. The van der Waals surface area contributed by atoms with Crippen molar-refractivity contribution in [1.82, 2.24) is 9.38 Å². The SMILES string of the molecule is COc1cccc(CNc2c(-c3ccco3)nc3ccccn23)c1. The zero-order valence-corrected chi connectivity index (χ0v) is 13.3. The van der Waals surface area contributed by atoms with Gasteiger partial charge in [0.1, 0.15) is 22.9 Å². The number of fused-ring (bicyclic) bond motifs is 1. The molecule has 0 aliphatic carbocycles. The van der Waals surface area contributed by atoms with Gasteiger partial charge in [-0.2, -0.15) is 0 Å². The number of hydrogen-bond acceptors (Lipinski definition) is 4. The van der Waals surface area contributed by atoms with E-state index in [2.05, 4.69) is 16.4 Å². The molecule has 4 aromatic rings. The average molecular weight is 319 g/mol. The predicted molar refractivity (Wildman–Crippen MR) is 93.2 cm³/mol. The van der Waals surface area contributed by atoms with Gasteiger partial charge in [0.15, 0.2) is 5.76 Å². The Bertz CT molecular complexity index is 958. The standard InChI is InChI=1S/C19H17N3O2/c1-23-15-7-4-6-14(12-15)13-20-19-18(16-8-5-11-24-16)21-17-9-2-3-10-22(17)19/h2-12,20H,13H2,1H3. The maximum Gasteiger partial charge on any atom is 0.156 e. The van der Waals surface area contributed by atoms with E-state index in [9.17, 15) is 0 Å². The summed E-state index contributed by atoms with van der Waals surface area (Å²) < 4.78 is 12.9. The highest BCUT2D eigenvalue weighted by Gasteiger charge is 2.15. The Kier molecular flexibility index (Phi) is 3.67. The van der Waals surface area contributed by atoms with Crippen LogP contribution in [0, 0.1) is 0 Å². The topological polar surface area (TPSA) is 51.7 Å². The fourth-order valence-electron chi connectivity index (χ4n) is 2.72. The molecule has 5 heteroatoms. The molecule has 0 saturated heterocycles. The summed E-state index contributed by atoms with van der Waals surface area (Å²) in [6, 6.07) is 17.7. The molecular formula is C19H17N3O2. The minimum absolute atomic E-state index is 0.660. The van der Waals surface area contributed by atoms with Crippen molar-refractivity contribution in [2.75, 3.05) is 12.4 Å². The van der Waals surface area contributed by atoms with Gasteiger partial charge in [0, 0.05) is 12.7 Å². The van der Waals surface area contributed by atoms with Crippen LogP contribution >= 0.6 is 0 Å². The van der Waals surface area contributed by atoms with Crippen molar-refractivity contribution >= 4 is 11.5 Å². The number of methoxy groups -OCH3 is 1. The Morgan fingerprint density at radius 2 is 2.08 bits per heavy atom. The van der Waals surface area contributed by atoms with Gasteiger partial charge in [-0.1, -0.05) is 18.2 Å². The molecule has 0 atom stereocenters. The second-order valence-electron chi connectivity index (χ2n) is 5.42. The van der Waals surface area contributed by atoms with E-state index in [1.54, 1.807) is 13.4 Å². The molecule has 0 bridgehead atoms. The zero-order valence-electron chi connectivity index (χ0n) is 13.3. The van der Waals surface area contributed by atoms with Crippen LogP contribution in [0.4, 0.5) is 5.82 Å². The van der Waals surface area contributed by atoms with Crippen LogP contribution in [0.3, 0.4) is 0 Å². The van der Waals surface area contributed by atoms with Crippen molar-refractivity contribution in [2.24, 2.45) is 0 Å². The van der Waals surface area contributed by atoms with Crippen LogP contribution in [0.1, 0.15) is 5.56 Å². The Labute approximate surface area is 139 Å². The minimum atomic E-state index is 0.660. The number of anilines is 1. The highest BCUT2D eigenvalue weighted by Crippen LogP contribution is 2.29. The number of nitrogens with zero attached hydrogens (tertiary/aromatic N) is 2. The maximum absolute atomic E-state index is 5.54. The van der Waals surface area contributed by atoms with E-state index < -0.39 is 0 Å². The highest BCUT2D eigenvalue weighted by atomic mass is 16.5. The summed E-state index contributed by atoms with van der Waals surface area (Å²) in [5.41, 5.74) is 2.80. The lowest BCUT2D eigenvalue weighted by Crippen LogP contribution is -2.03. The van der Waals surface area contributed by atoms with Crippen molar-refractivity contribution in [3.8, 4) is 17.2 Å². The molecule has 3 aromatic heterocycles. The van der Waals surface area contributed by atoms with Crippen LogP contribution in [-0.2, 0) is 6.54 Å². The third kappa shape index (κ3) is 2.60. The summed E-state index contributed by atoms with van der Waals surface area (Å²) in [5.74, 6) is 2.49. The average Bonchev–Trinajstić information content (AvgIpc) is 3.27. The molecule has 120 valence electrons. The predicted octanol–water partition coefficient (Wildman–Crippen LogP) is 4.22. The quantitative estimate of drug-likeness (QED) is 0.598. The molecule has 0 radical (unpaired) electrons. The molecule has 0 fully saturated rings. The summed E-state index contributed by atoms with van der Waals surface area (Å²) in [5, 5.41) is 3.48. The number of benzene rings is 1. The molecule has 4 rings (SSSR count). The first-order chi connectivity index (χ1) is 11.8. The second kappa shape index (κ2) is 6.12. The number of nitrogens with one attached hydrogen (secondary N) is 1. The Morgan fingerprint density at radius 3 is 2.92 bits per heavy atom. The van der Waals surface area contributed by atoms with Crippen LogP contribution in [0.15, 0.2) is 71.5 Å². The molecule has 1 N–H and O–H groups in total. The van der Waals surface area contributed by atoms with E-state index in [1.165, 1.54) is 0 Å². The summed E-state index contributed by atoms with van der Waals surface area (Å²) in [6.07, 6.45) is 3.65. The number of aromatic nitrogens is 2. The lowest BCUT2D eigenvalue weighted by molar-refractivity contribution is 0.414. The Hall–Kier alpha value is -3.21. The lowest BCUT2D eigenvalue weighted by atomic mass is 10.2. The van der Waals surface area contributed by atoms with Gasteiger partial charge in [-0.25, -0.2) is 4.98 Å². The number of hydrogen-bond donors (Lipinski definition) is 1. The van der Waals surface area contributed by atoms with Crippen molar-refractivity contribution in [3.05, 3.63) is 72.6 Å². The van der Waals surface area contributed by atoms with Crippen molar-refractivity contribution < 1.29 is 9.15 Å². The number of imidazole rings is 1. The van der Waals surface area contributed by atoms with Gasteiger partial charge in [-0.3, -0.25) is 4.40 Å². The van der Waals surface area contributed by atoms with Gasteiger partial charge in [-0.05, 0) is 42.0 Å². The number of pyridine rings is 1. The fraction of sp³-hybridized carbons (Fsp3) is 0.105. The van der Waals surface area contributed by atoms with Crippen LogP contribution < -0.4 is 10.1 Å². The lowest BCUT2D eigenvalue weighted by Gasteiger charge is -2.09. The molecule has 0 amide bonds. The fourth-order valence-corrected chi connectivity index (χ4v) is 2.72. The molecule has 3 heterocycles. The molecule has 0 spiro atoms. The van der Waals surface area contributed by atoms with Crippen LogP contribution in [-0.4, -0.2) is 16.5 Å². The third-order valence-electron chi connectivity index (χ3n) is 3.88. The summed E-state index contributed by atoms with van der Waals surface area (Å²) in [7, 11) is 1.67. The van der Waals surface area contributed by atoms with Gasteiger partial charge in [-0.15, -0.1) is 0 Å². The number of furan rings is 1. The summed E-state index contributed by atoms with van der Waals surface area (Å²) >= 11 is 0. The largest absolute Gasteiger partial charge is 0.497 e. The Balaban J connectivity index is 1.71. The van der Waals surface area contributed by atoms with Crippen LogP contribution in [0.2, 0.25) is 0 Å². The molecule has 0 unspecified atom stereocenters. The van der Waals surface area contributed by atoms with Gasteiger partial charge in [0.25, 0.3) is 0 Å². The molecular weight excluding hydrogens is 302 g/mol. The number of ether oxygens (including phenoxy) is 1. The van der Waals surface area contributed by atoms with E-state index >= 15 is 0 Å². The van der Waals surface area contributed by atoms with Crippen molar-refractivity contribution in [1.29, 1.82) is 0 Å². The summed E-state index contributed by atoms with van der Waals surface area (Å²) in [6.45, 7) is 0.660. The number of rotatable bonds is 5. The smallest absolute Gasteiger partial charge is 0.156 e. The third-order valence-corrected chi connectivity index (χ3v) is 3.88. The molecule has 1 aromatic carbocycles. The molecule has 0 aliphatic heterocycles. The first-order valence-electron chi connectivity index (χ1n) is 7.73. The zero-order chi connectivity index (χ0) is 16.4. The monoisotopic (exact) mass is 319 g/mol. The van der Waals surface area contributed by atoms with Gasteiger partial charge >= 0.3 is 0 Å². The van der Waals surface area contributed by atoms with Crippen molar-refractivity contribution in [3.63, 3.8) is 0 Å². The molecule has 5 nitrogen and oxygen atoms in total.